The summed E-state index contributed by atoms with van der Waals surface area (Å²) in [5.41, 5.74) is 4.61. The minimum atomic E-state index is -4.40. The Morgan fingerprint density at radius 3 is 2.28 bits per heavy atom. The van der Waals surface area contributed by atoms with Crippen molar-refractivity contribution in [2.75, 3.05) is 38.2 Å². The monoisotopic (exact) mass is 534 g/mol. The van der Waals surface area contributed by atoms with E-state index in [9.17, 15) is 18.0 Å². The van der Waals surface area contributed by atoms with Crippen molar-refractivity contribution in [1.29, 1.82) is 0 Å². The number of piperazine rings is 1. The second kappa shape index (κ2) is 10.5. The average Bonchev–Trinajstić information content (AvgIpc) is 3.39. The Bertz CT molecular complexity index is 1490. The van der Waals surface area contributed by atoms with E-state index in [4.69, 9.17) is 9.84 Å². The van der Waals surface area contributed by atoms with Crippen LogP contribution in [0.4, 0.5) is 18.9 Å². The molecule has 0 unspecified atom stereocenters. The molecule has 0 radical (unpaired) electrons. The molecule has 2 heterocycles. The third kappa shape index (κ3) is 5.48. The lowest BCUT2D eigenvalue weighted by Crippen LogP contribution is -2.49. The van der Waals surface area contributed by atoms with Gasteiger partial charge in [0, 0.05) is 37.4 Å². The molecule has 4 aromatic rings. The van der Waals surface area contributed by atoms with Gasteiger partial charge in [-0.2, -0.15) is 18.3 Å². The molecule has 1 aromatic heterocycles. The lowest BCUT2D eigenvalue weighted by Gasteiger charge is -2.36. The van der Waals surface area contributed by atoms with Crippen LogP contribution in [0, 0.1) is 13.8 Å². The Labute approximate surface area is 225 Å². The summed E-state index contributed by atoms with van der Waals surface area (Å²) in [7, 11) is 1.60. The molecule has 1 saturated heterocycles. The van der Waals surface area contributed by atoms with Crippen LogP contribution < -0.4 is 9.64 Å². The first-order chi connectivity index (χ1) is 18.6. The maximum Gasteiger partial charge on any atom is 0.416 e. The van der Waals surface area contributed by atoms with Crippen molar-refractivity contribution >= 4 is 11.6 Å². The lowest BCUT2D eigenvalue weighted by atomic mass is 10.1. The van der Waals surface area contributed by atoms with E-state index >= 15 is 0 Å². The number of alkyl halides is 3. The molecule has 6 nitrogen and oxygen atoms in total. The zero-order valence-electron chi connectivity index (χ0n) is 22.0. The van der Waals surface area contributed by atoms with Crippen molar-refractivity contribution in [3.8, 4) is 22.7 Å². The van der Waals surface area contributed by atoms with Crippen LogP contribution in [0.15, 0.2) is 72.8 Å². The Hall–Kier alpha value is -4.27. The Morgan fingerprint density at radius 2 is 1.62 bits per heavy atom. The third-order valence-corrected chi connectivity index (χ3v) is 7.01. The Kier molecular flexibility index (Phi) is 7.08. The van der Waals surface area contributed by atoms with Crippen LogP contribution in [0.2, 0.25) is 0 Å². The van der Waals surface area contributed by atoms with Crippen molar-refractivity contribution in [3.63, 3.8) is 0 Å². The second-order valence-electron chi connectivity index (χ2n) is 9.67. The van der Waals surface area contributed by atoms with Crippen molar-refractivity contribution in [2.45, 2.75) is 20.0 Å². The minimum Gasteiger partial charge on any atom is -0.497 e. The zero-order chi connectivity index (χ0) is 27.7. The van der Waals surface area contributed by atoms with Gasteiger partial charge in [-0.05, 0) is 79.6 Å². The highest BCUT2D eigenvalue weighted by molar-refractivity contribution is 5.94. The number of amides is 1. The van der Waals surface area contributed by atoms with Gasteiger partial charge in [-0.3, -0.25) is 4.79 Å². The predicted octanol–water partition coefficient (Wildman–Crippen LogP) is 6.15. The number of hydrogen-bond acceptors (Lipinski definition) is 4. The van der Waals surface area contributed by atoms with Gasteiger partial charge in [-0.15, -0.1) is 0 Å². The van der Waals surface area contributed by atoms with Gasteiger partial charge in [0.05, 0.1) is 24.1 Å². The van der Waals surface area contributed by atoms with Crippen LogP contribution in [-0.2, 0) is 6.18 Å². The van der Waals surface area contributed by atoms with E-state index in [1.807, 2.05) is 61.2 Å². The van der Waals surface area contributed by atoms with Gasteiger partial charge in [0.25, 0.3) is 5.91 Å². The molecule has 1 aliphatic heterocycles. The molecule has 3 aromatic carbocycles. The average molecular weight is 535 g/mol. The molecule has 0 bridgehead atoms. The van der Waals surface area contributed by atoms with E-state index in [1.54, 1.807) is 28.8 Å². The zero-order valence-corrected chi connectivity index (χ0v) is 22.0. The number of hydrogen-bond donors (Lipinski definition) is 0. The summed E-state index contributed by atoms with van der Waals surface area (Å²) in [4.78, 5) is 17.5. The summed E-state index contributed by atoms with van der Waals surface area (Å²) in [5, 5.41) is 4.83. The molecule has 0 spiro atoms. The van der Waals surface area contributed by atoms with Gasteiger partial charge >= 0.3 is 6.18 Å². The predicted molar refractivity (Wildman–Crippen MR) is 145 cm³/mol. The molecule has 1 amide bonds. The first-order valence-corrected chi connectivity index (χ1v) is 12.7. The summed E-state index contributed by atoms with van der Waals surface area (Å²) < 4.78 is 46.6. The number of ether oxygens (including phenoxy) is 1. The van der Waals surface area contributed by atoms with Crippen LogP contribution in [-0.4, -0.2) is 53.9 Å². The van der Waals surface area contributed by atoms with Crippen LogP contribution >= 0.6 is 0 Å². The molecule has 9 heteroatoms. The van der Waals surface area contributed by atoms with Crippen molar-refractivity contribution < 1.29 is 22.7 Å². The summed E-state index contributed by atoms with van der Waals surface area (Å²) in [6.45, 7) is 5.58. The van der Waals surface area contributed by atoms with Crippen LogP contribution in [0.5, 0.6) is 5.75 Å². The van der Waals surface area contributed by atoms with Gasteiger partial charge in [0.15, 0.2) is 0 Å². The fourth-order valence-electron chi connectivity index (χ4n) is 4.78. The SMILES string of the molecule is COc1ccc(-c2cc(C(=O)N3CCN(c4cccc(C(F)(F)F)c4)CC3)n(-c3cc(C)ccc3C)n2)cc1. The summed E-state index contributed by atoms with van der Waals surface area (Å²) in [6.07, 6.45) is -4.40. The van der Waals surface area contributed by atoms with E-state index in [2.05, 4.69) is 0 Å². The van der Waals surface area contributed by atoms with E-state index in [0.717, 1.165) is 40.3 Å². The fraction of sp³-hybridized carbons (Fsp3) is 0.267. The molecule has 39 heavy (non-hydrogen) atoms. The molecular formula is C30H29F3N4O2. The van der Waals surface area contributed by atoms with Gasteiger partial charge in [0.2, 0.25) is 0 Å². The largest absolute Gasteiger partial charge is 0.497 e. The number of carbonyl (C=O) groups excluding carboxylic acids is 1. The lowest BCUT2D eigenvalue weighted by molar-refractivity contribution is -0.137. The van der Waals surface area contributed by atoms with Crippen LogP contribution in [0.1, 0.15) is 27.2 Å². The summed E-state index contributed by atoms with van der Waals surface area (Å²) in [5.74, 6) is 0.550. The molecule has 0 N–H and O–H groups in total. The van der Waals surface area contributed by atoms with Crippen molar-refractivity contribution in [2.24, 2.45) is 0 Å². The number of rotatable bonds is 5. The number of aromatic nitrogens is 2. The standard InChI is InChI=1S/C30H29F3N4O2/c1-20-7-8-21(2)27(17-20)37-28(19-26(34-37)22-9-11-25(39-3)12-10-22)29(38)36-15-13-35(14-16-36)24-6-4-5-23(18-24)30(31,32)33/h4-12,17-19H,13-16H2,1-3H3. The molecule has 0 atom stereocenters. The maximum atomic E-state index is 13.8. The topological polar surface area (TPSA) is 50.6 Å². The number of benzene rings is 3. The highest BCUT2D eigenvalue weighted by atomic mass is 19.4. The molecular weight excluding hydrogens is 505 g/mol. The fourth-order valence-corrected chi connectivity index (χ4v) is 4.78. The molecule has 0 saturated carbocycles. The van der Waals surface area contributed by atoms with E-state index in [1.165, 1.54) is 6.07 Å². The molecule has 202 valence electrons. The van der Waals surface area contributed by atoms with Gasteiger partial charge < -0.3 is 14.5 Å². The van der Waals surface area contributed by atoms with E-state index < -0.39 is 11.7 Å². The second-order valence-corrected chi connectivity index (χ2v) is 9.67. The number of methoxy groups -OCH3 is 1. The number of halogens is 3. The van der Waals surface area contributed by atoms with E-state index in [0.29, 0.717) is 43.3 Å². The van der Waals surface area contributed by atoms with Crippen molar-refractivity contribution in [3.05, 3.63) is 95.2 Å². The molecule has 0 aliphatic carbocycles. The van der Waals surface area contributed by atoms with Crippen LogP contribution in [0.25, 0.3) is 16.9 Å². The minimum absolute atomic E-state index is 0.174. The normalized spacial score (nSPS) is 14.0. The number of aryl methyl sites for hydroxylation is 2. The molecule has 1 aliphatic rings. The molecule has 5 rings (SSSR count). The summed E-state index contributed by atoms with van der Waals surface area (Å²) >= 11 is 0. The van der Waals surface area contributed by atoms with Crippen molar-refractivity contribution in [1.82, 2.24) is 14.7 Å². The Morgan fingerprint density at radius 1 is 0.897 bits per heavy atom. The highest BCUT2D eigenvalue weighted by Crippen LogP contribution is 2.32. The Balaban J connectivity index is 1.43. The number of anilines is 1. The van der Waals surface area contributed by atoms with Gasteiger partial charge in [-0.1, -0.05) is 18.2 Å². The highest BCUT2D eigenvalue weighted by Gasteiger charge is 2.32. The quantitative estimate of drug-likeness (QED) is 0.308. The first kappa shape index (κ1) is 26.3. The molecule has 1 fully saturated rings. The number of nitrogens with zero attached hydrogens (tertiary/aromatic N) is 4. The van der Waals surface area contributed by atoms with Gasteiger partial charge in [0.1, 0.15) is 11.4 Å². The summed E-state index contributed by atoms with van der Waals surface area (Å²) in [6, 6.07) is 20.6. The third-order valence-electron chi connectivity index (χ3n) is 7.01. The first-order valence-electron chi connectivity index (χ1n) is 12.7. The smallest absolute Gasteiger partial charge is 0.416 e. The number of carbonyl (C=O) groups is 1. The van der Waals surface area contributed by atoms with Gasteiger partial charge in [-0.25, -0.2) is 4.68 Å². The van der Waals surface area contributed by atoms with E-state index in [-0.39, 0.29) is 5.91 Å². The van der Waals surface area contributed by atoms with Crippen LogP contribution in [0.3, 0.4) is 0 Å². The maximum absolute atomic E-state index is 13.8.